The highest BCUT2D eigenvalue weighted by Crippen LogP contribution is 2.33. The molecule has 0 bridgehead atoms. The van der Waals surface area contributed by atoms with Gasteiger partial charge in [-0.15, -0.1) is 6.58 Å². The number of methoxy groups -OCH3 is 2. The van der Waals surface area contributed by atoms with E-state index in [-0.39, 0.29) is 5.92 Å². The van der Waals surface area contributed by atoms with E-state index in [1.807, 2.05) is 0 Å². The third-order valence-electron chi connectivity index (χ3n) is 3.40. The van der Waals surface area contributed by atoms with Gasteiger partial charge in [0.25, 0.3) is 5.91 Å². The second-order valence-corrected chi connectivity index (χ2v) is 5.40. The second-order valence-electron chi connectivity index (χ2n) is 5.40. The van der Waals surface area contributed by atoms with Crippen molar-refractivity contribution in [3.8, 4) is 11.5 Å². The van der Waals surface area contributed by atoms with Gasteiger partial charge < -0.3 is 19.9 Å². The molecule has 0 aromatic heterocycles. The van der Waals surface area contributed by atoms with Crippen LogP contribution in [0.25, 0.3) is 0 Å². The molecule has 0 unspecified atom stereocenters. The largest absolute Gasteiger partial charge is 0.493 e. The van der Waals surface area contributed by atoms with E-state index in [1.54, 1.807) is 26.0 Å². The van der Waals surface area contributed by atoms with Crippen LogP contribution in [0.2, 0.25) is 0 Å². The Hall–Kier alpha value is -2.50. The summed E-state index contributed by atoms with van der Waals surface area (Å²) in [4.78, 5) is 23.6. The van der Waals surface area contributed by atoms with Crippen molar-refractivity contribution in [3.05, 3.63) is 35.9 Å². The molecule has 0 aliphatic carbocycles. The number of amides is 1. The molecule has 1 amide bonds. The molecule has 126 valence electrons. The van der Waals surface area contributed by atoms with Crippen LogP contribution in [0.1, 0.15) is 29.8 Å². The van der Waals surface area contributed by atoms with Gasteiger partial charge in [-0.25, -0.2) is 4.79 Å². The quantitative estimate of drug-likeness (QED) is 0.718. The van der Waals surface area contributed by atoms with Crippen LogP contribution < -0.4 is 14.8 Å². The van der Waals surface area contributed by atoms with Crippen molar-refractivity contribution in [1.82, 2.24) is 5.32 Å². The van der Waals surface area contributed by atoms with E-state index in [2.05, 4.69) is 11.9 Å². The molecule has 1 rings (SSSR count). The fraction of sp³-hybridized carbons (Fsp3) is 0.412. The van der Waals surface area contributed by atoms with Crippen LogP contribution in [0, 0.1) is 5.92 Å². The third kappa shape index (κ3) is 4.48. The Morgan fingerprint density at radius 2 is 1.96 bits per heavy atom. The van der Waals surface area contributed by atoms with E-state index in [1.165, 1.54) is 20.3 Å². The normalized spacial score (nSPS) is 11.7. The topological polar surface area (TPSA) is 84.9 Å². The number of carbonyl (C=O) groups is 2. The molecule has 1 aromatic rings. The van der Waals surface area contributed by atoms with Crippen molar-refractivity contribution in [2.24, 2.45) is 5.92 Å². The van der Waals surface area contributed by atoms with Crippen molar-refractivity contribution in [2.75, 3.05) is 14.2 Å². The molecule has 0 heterocycles. The molecule has 2 N–H and O–H groups in total. The summed E-state index contributed by atoms with van der Waals surface area (Å²) < 4.78 is 10.6. The Balaban J connectivity index is 3.20. The standard InChI is InChI=1S/C17H23NO5/c1-6-7-11-8-12(9-13(22-4)15(11)23-5)16(19)18-14(10(2)3)17(20)21/h6,8-10,14H,1,7H2,2-5H3,(H,18,19)(H,20,21)/t14-/m1/s1. The molecule has 1 atom stereocenters. The van der Waals surface area contributed by atoms with E-state index in [0.29, 0.717) is 23.5 Å². The van der Waals surface area contributed by atoms with Gasteiger partial charge in [-0.1, -0.05) is 19.9 Å². The average molecular weight is 321 g/mol. The van der Waals surface area contributed by atoms with Gasteiger partial charge in [-0.05, 0) is 24.5 Å². The average Bonchev–Trinajstić information content (AvgIpc) is 2.51. The zero-order valence-corrected chi connectivity index (χ0v) is 13.9. The van der Waals surface area contributed by atoms with Crippen LogP contribution in [0.3, 0.4) is 0 Å². The summed E-state index contributed by atoms with van der Waals surface area (Å²) in [6, 6.07) is 2.22. The lowest BCUT2D eigenvalue weighted by Crippen LogP contribution is -2.44. The molecule has 6 nitrogen and oxygen atoms in total. The monoisotopic (exact) mass is 321 g/mol. The van der Waals surface area contributed by atoms with Gasteiger partial charge >= 0.3 is 5.97 Å². The Kier molecular flexibility index (Phi) is 6.63. The number of carbonyl (C=O) groups excluding carboxylic acids is 1. The van der Waals surface area contributed by atoms with Crippen LogP contribution in [0.15, 0.2) is 24.8 Å². The van der Waals surface area contributed by atoms with Crippen LogP contribution in [-0.2, 0) is 11.2 Å². The van der Waals surface area contributed by atoms with Gasteiger partial charge in [-0.2, -0.15) is 0 Å². The maximum absolute atomic E-state index is 12.4. The Morgan fingerprint density at radius 3 is 2.39 bits per heavy atom. The molecule has 0 spiro atoms. The molecular formula is C17H23NO5. The first-order valence-corrected chi connectivity index (χ1v) is 7.25. The van der Waals surface area contributed by atoms with Crippen molar-refractivity contribution in [3.63, 3.8) is 0 Å². The lowest BCUT2D eigenvalue weighted by Gasteiger charge is -2.19. The number of aliphatic carboxylic acids is 1. The molecule has 0 saturated heterocycles. The smallest absolute Gasteiger partial charge is 0.326 e. The number of hydrogen-bond acceptors (Lipinski definition) is 4. The fourth-order valence-corrected chi connectivity index (χ4v) is 2.22. The highest BCUT2D eigenvalue weighted by Gasteiger charge is 2.25. The Bertz CT molecular complexity index is 595. The van der Waals surface area contributed by atoms with Crippen LogP contribution in [0.4, 0.5) is 0 Å². The summed E-state index contributed by atoms with van der Waals surface area (Å²) in [5.41, 5.74) is 1.05. The predicted octanol–water partition coefficient (Wildman–Crippen LogP) is 2.27. The second kappa shape index (κ2) is 8.22. The Morgan fingerprint density at radius 1 is 1.30 bits per heavy atom. The third-order valence-corrected chi connectivity index (χ3v) is 3.40. The number of carboxylic acids is 1. The number of allylic oxidation sites excluding steroid dienone is 1. The maximum Gasteiger partial charge on any atom is 0.326 e. The minimum Gasteiger partial charge on any atom is -0.493 e. The van der Waals surface area contributed by atoms with Gasteiger partial charge in [0.05, 0.1) is 14.2 Å². The molecule has 1 aromatic carbocycles. The summed E-state index contributed by atoms with van der Waals surface area (Å²) in [5, 5.41) is 11.7. The first kappa shape index (κ1) is 18.5. The van der Waals surface area contributed by atoms with Gasteiger partial charge in [0.15, 0.2) is 11.5 Å². The van der Waals surface area contributed by atoms with Crippen LogP contribution in [-0.4, -0.2) is 37.2 Å². The SMILES string of the molecule is C=CCc1cc(C(=O)N[C@@H](C(=O)O)C(C)C)cc(OC)c1OC. The molecule has 6 heteroatoms. The zero-order valence-electron chi connectivity index (χ0n) is 13.9. The summed E-state index contributed by atoms with van der Waals surface area (Å²) in [5.74, 6) is -0.835. The van der Waals surface area contributed by atoms with Crippen LogP contribution >= 0.6 is 0 Å². The number of ether oxygens (including phenoxy) is 2. The zero-order chi connectivity index (χ0) is 17.6. The van der Waals surface area contributed by atoms with Gasteiger partial charge in [0, 0.05) is 11.1 Å². The number of carboxylic acid groups (broad SMARTS) is 1. The molecule has 23 heavy (non-hydrogen) atoms. The lowest BCUT2D eigenvalue weighted by atomic mass is 10.0. The van der Waals surface area contributed by atoms with Crippen LogP contribution in [0.5, 0.6) is 11.5 Å². The van der Waals surface area contributed by atoms with Crippen molar-refractivity contribution < 1.29 is 24.2 Å². The first-order chi connectivity index (χ1) is 10.8. The minimum atomic E-state index is -1.07. The molecular weight excluding hydrogens is 298 g/mol. The van der Waals surface area contributed by atoms with Crippen molar-refractivity contribution >= 4 is 11.9 Å². The highest BCUT2D eigenvalue weighted by molar-refractivity contribution is 5.97. The van der Waals surface area contributed by atoms with E-state index in [9.17, 15) is 14.7 Å². The number of nitrogens with one attached hydrogen (secondary N) is 1. The number of benzene rings is 1. The van der Waals surface area contributed by atoms with Gasteiger partial charge in [-0.3, -0.25) is 4.79 Å². The lowest BCUT2D eigenvalue weighted by molar-refractivity contribution is -0.140. The van der Waals surface area contributed by atoms with E-state index in [0.717, 1.165) is 5.56 Å². The fourth-order valence-electron chi connectivity index (χ4n) is 2.22. The maximum atomic E-state index is 12.4. The van der Waals surface area contributed by atoms with Gasteiger partial charge in [0.1, 0.15) is 6.04 Å². The Labute approximate surface area is 136 Å². The summed E-state index contributed by atoms with van der Waals surface area (Å²) >= 11 is 0. The first-order valence-electron chi connectivity index (χ1n) is 7.25. The summed E-state index contributed by atoms with van der Waals surface area (Å²) in [6.45, 7) is 7.15. The van der Waals surface area contributed by atoms with E-state index in [4.69, 9.17) is 9.47 Å². The predicted molar refractivity (Wildman–Crippen MR) is 87.2 cm³/mol. The summed E-state index contributed by atoms with van der Waals surface area (Å²) in [7, 11) is 2.99. The molecule has 0 fully saturated rings. The molecule has 0 radical (unpaired) electrons. The number of hydrogen-bond donors (Lipinski definition) is 2. The molecule has 0 aliphatic heterocycles. The molecule has 0 aliphatic rings. The van der Waals surface area contributed by atoms with E-state index >= 15 is 0 Å². The summed E-state index contributed by atoms with van der Waals surface area (Å²) in [6.07, 6.45) is 2.18. The molecule has 0 saturated carbocycles. The van der Waals surface area contributed by atoms with Crippen molar-refractivity contribution in [1.29, 1.82) is 0 Å². The minimum absolute atomic E-state index is 0.232. The number of rotatable bonds is 8. The van der Waals surface area contributed by atoms with Gasteiger partial charge in [0.2, 0.25) is 0 Å². The highest BCUT2D eigenvalue weighted by atomic mass is 16.5. The van der Waals surface area contributed by atoms with E-state index < -0.39 is 17.9 Å². The van der Waals surface area contributed by atoms with Crippen molar-refractivity contribution in [2.45, 2.75) is 26.3 Å².